The average molecular weight is 304 g/mol. The van der Waals surface area contributed by atoms with Gasteiger partial charge in [0, 0.05) is 25.8 Å². The zero-order valence-electron chi connectivity index (χ0n) is 11.5. The first-order valence-electron chi connectivity index (χ1n) is 6.05. The molecular formula is C10H20N6O3S. The fourth-order valence-electron chi connectivity index (χ4n) is 1.35. The Balaban J connectivity index is 2.59. The highest BCUT2D eigenvalue weighted by Gasteiger charge is 2.04. The molecule has 0 saturated carbocycles. The number of ether oxygens (including phenoxy) is 1. The van der Waals surface area contributed by atoms with E-state index in [9.17, 15) is 8.42 Å². The Morgan fingerprint density at radius 3 is 2.60 bits per heavy atom. The summed E-state index contributed by atoms with van der Waals surface area (Å²) in [7, 11) is -3.19. The molecule has 1 heterocycles. The second-order valence-electron chi connectivity index (χ2n) is 3.93. The van der Waals surface area contributed by atoms with Crippen molar-refractivity contribution in [2.45, 2.75) is 13.5 Å². The third-order valence-corrected chi connectivity index (χ3v) is 2.88. The van der Waals surface area contributed by atoms with Gasteiger partial charge in [-0.05, 0) is 6.92 Å². The molecule has 0 amide bonds. The fraction of sp³-hybridized carbons (Fsp3) is 0.600. The summed E-state index contributed by atoms with van der Waals surface area (Å²) >= 11 is 0. The van der Waals surface area contributed by atoms with Gasteiger partial charge in [0.15, 0.2) is 5.82 Å². The first-order valence-corrected chi connectivity index (χ1v) is 7.94. The number of hydrogen-bond acceptors (Lipinski definition) is 8. The molecule has 1 aromatic heterocycles. The Hall–Kier alpha value is -1.49. The van der Waals surface area contributed by atoms with E-state index in [1.54, 1.807) is 6.07 Å². The van der Waals surface area contributed by atoms with Gasteiger partial charge in [-0.25, -0.2) is 29.0 Å². The van der Waals surface area contributed by atoms with Crippen molar-refractivity contribution in [3.8, 4) is 0 Å². The minimum Gasteiger partial charge on any atom is -0.374 e. The van der Waals surface area contributed by atoms with Gasteiger partial charge in [-0.1, -0.05) is 0 Å². The highest BCUT2D eigenvalue weighted by atomic mass is 32.2. The van der Waals surface area contributed by atoms with Crippen LogP contribution >= 0.6 is 0 Å². The van der Waals surface area contributed by atoms with Crippen molar-refractivity contribution in [1.82, 2.24) is 14.7 Å². The predicted octanol–water partition coefficient (Wildman–Crippen LogP) is -0.740. The van der Waals surface area contributed by atoms with Crippen LogP contribution in [-0.2, 0) is 21.4 Å². The first kappa shape index (κ1) is 16.6. The van der Waals surface area contributed by atoms with Crippen LogP contribution in [0.1, 0.15) is 12.7 Å². The van der Waals surface area contributed by atoms with Crippen LogP contribution in [0, 0.1) is 0 Å². The van der Waals surface area contributed by atoms with Crippen molar-refractivity contribution in [3.05, 3.63) is 11.9 Å². The number of nitrogens with zero attached hydrogens (tertiary/aromatic N) is 2. The third-order valence-electron chi connectivity index (χ3n) is 2.15. The molecule has 0 bridgehead atoms. The number of hydrazine groups is 1. The molecule has 20 heavy (non-hydrogen) atoms. The summed E-state index contributed by atoms with van der Waals surface area (Å²) < 4.78 is 29.4. The number of sulfonamides is 1. The van der Waals surface area contributed by atoms with Gasteiger partial charge < -0.3 is 15.5 Å². The van der Waals surface area contributed by atoms with Gasteiger partial charge in [0.05, 0.1) is 6.26 Å². The minimum absolute atomic E-state index is 0.259. The van der Waals surface area contributed by atoms with Crippen LogP contribution in [0.2, 0.25) is 0 Å². The molecule has 0 saturated heterocycles. The van der Waals surface area contributed by atoms with Crippen LogP contribution in [0.5, 0.6) is 0 Å². The zero-order chi connectivity index (χ0) is 15.0. The monoisotopic (exact) mass is 304 g/mol. The molecule has 114 valence electrons. The number of nitrogen functional groups attached to an aromatic ring is 1. The number of nitrogens with two attached hydrogens (primary N) is 1. The van der Waals surface area contributed by atoms with E-state index < -0.39 is 10.0 Å². The molecule has 0 radical (unpaired) electrons. The van der Waals surface area contributed by atoms with E-state index in [2.05, 4.69) is 25.4 Å². The lowest BCUT2D eigenvalue weighted by molar-refractivity contribution is 0.128. The van der Waals surface area contributed by atoms with Crippen molar-refractivity contribution in [2.75, 3.05) is 36.7 Å². The van der Waals surface area contributed by atoms with Crippen molar-refractivity contribution < 1.29 is 13.2 Å². The maximum absolute atomic E-state index is 10.9. The van der Waals surface area contributed by atoms with Crippen molar-refractivity contribution in [1.29, 1.82) is 0 Å². The third kappa shape index (κ3) is 6.61. The summed E-state index contributed by atoms with van der Waals surface area (Å²) in [5.41, 5.74) is 2.44. The van der Waals surface area contributed by atoms with Gasteiger partial charge in [-0.15, -0.1) is 0 Å². The lowest BCUT2D eigenvalue weighted by atomic mass is 10.4. The maximum atomic E-state index is 10.9. The average Bonchev–Trinajstić information content (AvgIpc) is 2.40. The lowest BCUT2D eigenvalue weighted by Gasteiger charge is -2.10. The highest BCUT2D eigenvalue weighted by Crippen LogP contribution is 2.10. The molecule has 0 unspecified atom stereocenters. The number of hydrogen-bond donors (Lipinski definition) is 4. The van der Waals surface area contributed by atoms with E-state index in [-0.39, 0.29) is 13.2 Å². The first-order chi connectivity index (χ1) is 9.44. The predicted molar refractivity (Wildman–Crippen MR) is 76.5 cm³/mol. The summed E-state index contributed by atoms with van der Waals surface area (Å²) in [4.78, 5) is 8.37. The van der Waals surface area contributed by atoms with Crippen LogP contribution in [0.15, 0.2) is 6.07 Å². The Bertz CT molecular complexity index is 522. The molecule has 0 atom stereocenters. The van der Waals surface area contributed by atoms with E-state index in [1.807, 2.05) is 6.92 Å². The van der Waals surface area contributed by atoms with Crippen LogP contribution in [0.25, 0.3) is 0 Å². The van der Waals surface area contributed by atoms with Crippen LogP contribution in [0.3, 0.4) is 0 Å². The number of rotatable bonds is 9. The largest absolute Gasteiger partial charge is 0.374 e. The molecule has 0 spiro atoms. The number of aromatic nitrogens is 2. The minimum atomic E-state index is -3.19. The SMILES string of the molecule is CCOCc1nc(NN)cc(NCCNS(C)(=O)=O)n1. The molecule has 0 aromatic carbocycles. The molecule has 1 rings (SSSR count). The van der Waals surface area contributed by atoms with Gasteiger partial charge in [0.25, 0.3) is 0 Å². The topological polar surface area (TPSA) is 131 Å². The molecule has 1 aromatic rings. The molecule has 0 fully saturated rings. The van der Waals surface area contributed by atoms with Crippen molar-refractivity contribution in [2.24, 2.45) is 5.84 Å². The van der Waals surface area contributed by atoms with E-state index >= 15 is 0 Å². The van der Waals surface area contributed by atoms with Crippen molar-refractivity contribution >= 4 is 21.7 Å². The van der Waals surface area contributed by atoms with E-state index in [1.165, 1.54) is 0 Å². The second-order valence-corrected chi connectivity index (χ2v) is 5.76. The molecular weight excluding hydrogens is 284 g/mol. The van der Waals surface area contributed by atoms with Crippen molar-refractivity contribution in [3.63, 3.8) is 0 Å². The van der Waals surface area contributed by atoms with E-state index in [0.717, 1.165) is 6.26 Å². The summed E-state index contributed by atoms with van der Waals surface area (Å²) in [5.74, 6) is 6.81. The fourth-order valence-corrected chi connectivity index (χ4v) is 1.82. The molecule has 0 aliphatic rings. The summed E-state index contributed by atoms with van der Waals surface area (Å²) in [5, 5.41) is 2.98. The van der Waals surface area contributed by atoms with Gasteiger partial charge in [0.2, 0.25) is 10.0 Å². The Morgan fingerprint density at radius 2 is 2.00 bits per heavy atom. The Kier molecular flexibility index (Phi) is 6.58. The Labute approximate surface area is 118 Å². The summed E-state index contributed by atoms with van der Waals surface area (Å²) in [6.45, 7) is 3.37. The summed E-state index contributed by atoms with van der Waals surface area (Å²) in [6, 6.07) is 1.62. The zero-order valence-corrected chi connectivity index (χ0v) is 12.3. The van der Waals surface area contributed by atoms with Gasteiger partial charge >= 0.3 is 0 Å². The highest BCUT2D eigenvalue weighted by molar-refractivity contribution is 7.88. The van der Waals surface area contributed by atoms with Gasteiger partial charge in [0.1, 0.15) is 18.2 Å². The quantitative estimate of drug-likeness (QED) is 0.266. The molecule has 5 N–H and O–H groups in total. The number of anilines is 2. The molecule has 9 nitrogen and oxygen atoms in total. The molecule has 0 aliphatic carbocycles. The second kappa shape index (κ2) is 7.94. The summed E-state index contributed by atoms with van der Waals surface area (Å²) in [6.07, 6.45) is 1.11. The maximum Gasteiger partial charge on any atom is 0.208 e. The number of nitrogens with one attached hydrogen (secondary N) is 3. The normalized spacial score (nSPS) is 11.3. The lowest BCUT2D eigenvalue weighted by Crippen LogP contribution is -2.28. The van der Waals surface area contributed by atoms with Gasteiger partial charge in [-0.2, -0.15) is 0 Å². The smallest absolute Gasteiger partial charge is 0.208 e. The van der Waals surface area contributed by atoms with E-state index in [4.69, 9.17) is 10.6 Å². The Morgan fingerprint density at radius 1 is 1.30 bits per heavy atom. The standard InChI is InChI=1S/C10H20N6O3S/c1-3-19-7-10-14-8(6-9(15-10)16-11)12-4-5-13-20(2,17)18/h6,13H,3-5,7,11H2,1-2H3,(H2,12,14,15,16). The van der Waals surface area contributed by atoms with Crippen LogP contribution in [0.4, 0.5) is 11.6 Å². The van der Waals surface area contributed by atoms with Crippen LogP contribution < -0.4 is 21.3 Å². The van der Waals surface area contributed by atoms with Crippen LogP contribution in [-0.4, -0.2) is 44.3 Å². The van der Waals surface area contributed by atoms with E-state index in [0.29, 0.717) is 30.6 Å². The molecule has 0 aliphatic heterocycles. The van der Waals surface area contributed by atoms with Gasteiger partial charge in [-0.3, -0.25) is 0 Å². The molecule has 10 heteroatoms.